The van der Waals surface area contributed by atoms with Crippen molar-refractivity contribution < 1.29 is 0 Å². The molecule has 110 valence electrons. The Morgan fingerprint density at radius 2 is 1.71 bits per heavy atom. The molecule has 0 saturated carbocycles. The van der Waals surface area contributed by atoms with E-state index in [1.54, 1.807) is 17.8 Å². The van der Waals surface area contributed by atoms with Crippen LogP contribution in [0.1, 0.15) is 31.9 Å². The van der Waals surface area contributed by atoms with Crippen LogP contribution in [-0.2, 0) is 5.41 Å². The molecule has 0 saturated heterocycles. The van der Waals surface area contributed by atoms with Crippen LogP contribution >= 0.6 is 23.4 Å². The van der Waals surface area contributed by atoms with Crippen LogP contribution in [0.25, 0.3) is 0 Å². The molecule has 0 bridgehead atoms. The Hall–Kier alpha value is -1.45. The molecule has 0 aliphatic heterocycles. The van der Waals surface area contributed by atoms with Crippen molar-refractivity contribution in [1.82, 2.24) is 0 Å². The first-order valence-electron chi connectivity index (χ1n) is 6.70. The molecule has 2 rings (SSSR count). The van der Waals surface area contributed by atoms with Crippen LogP contribution in [-0.4, -0.2) is 5.84 Å². The fourth-order valence-electron chi connectivity index (χ4n) is 2.00. The zero-order valence-corrected chi connectivity index (χ0v) is 14.0. The van der Waals surface area contributed by atoms with Gasteiger partial charge in [0.1, 0.15) is 5.84 Å². The Kier molecular flexibility index (Phi) is 4.64. The van der Waals surface area contributed by atoms with Gasteiger partial charge in [-0.25, -0.2) is 0 Å². The number of benzene rings is 2. The SMILES string of the molecule is CC(C)(C)c1ccc(Sc2cccc(Cl)c2C(=N)N)cc1. The molecule has 3 N–H and O–H groups in total. The molecule has 0 amide bonds. The number of hydrogen-bond acceptors (Lipinski definition) is 2. The summed E-state index contributed by atoms with van der Waals surface area (Å²) in [5.74, 6) is -0.00517. The highest BCUT2D eigenvalue weighted by atomic mass is 35.5. The molecule has 0 spiro atoms. The van der Waals surface area contributed by atoms with Crippen LogP contribution in [0.3, 0.4) is 0 Å². The van der Waals surface area contributed by atoms with Crippen LogP contribution in [0.5, 0.6) is 0 Å². The van der Waals surface area contributed by atoms with Gasteiger partial charge in [-0.3, -0.25) is 5.41 Å². The molecule has 0 radical (unpaired) electrons. The predicted octanol–water partition coefficient (Wildman–Crippen LogP) is 5.07. The first kappa shape index (κ1) is 15.9. The van der Waals surface area contributed by atoms with Crippen molar-refractivity contribution in [2.45, 2.75) is 36.0 Å². The summed E-state index contributed by atoms with van der Waals surface area (Å²) >= 11 is 7.71. The molecule has 2 aromatic carbocycles. The highest BCUT2D eigenvalue weighted by Crippen LogP contribution is 2.34. The largest absolute Gasteiger partial charge is 0.384 e. The van der Waals surface area contributed by atoms with Gasteiger partial charge in [-0.05, 0) is 35.2 Å². The van der Waals surface area contributed by atoms with Crippen molar-refractivity contribution in [2.24, 2.45) is 5.73 Å². The second-order valence-corrected chi connectivity index (χ2v) is 7.43. The maximum Gasteiger partial charge on any atom is 0.125 e. The minimum Gasteiger partial charge on any atom is -0.384 e. The van der Waals surface area contributed by atoms with E-state index in [0.29, 0.717) is 10.6 Å². The third kappa shape index (κ3) is 3.80. The number of rotatable bonds is 3. The zero-order chi connectivity index (χ0) is 15.6. The number of hydrogen-bond donors (Lipinski definition) is 2. The monoisotopic (exact) mass is 318 g/mol. The molecule has 0 aliphatic rings. The van der Waals surface area contributed by atoms with E-state index in [0.717, 1.165) is 9.79 Å². The van der Waals surface area contributed by atoms with Gasteiger partial charge in [0.2, 0.25) is 0 Å². The van der Waals surface area contributed by atoms with Crippen molar-refractivity contribution in [2.75, 3.05) is 0 Å². The number of nitrogens with one attached hydrogen (secondary N) is 1. The molecular weight excluding hydrogens is 300 g/mol. The Morgan fingerprint density at radius 3 is 2.24 bits per heavy atom. The standard InChI is InChI=1S/C17H19ClN2S/c1-17(2,3)11-7-9-12(10-8-11)21-14-6-4-5-13(18)15(14)16(19)20/h4-10H,1-3H3,(H3,19,20). The van der Waals surface area contributed by atoms with E-state index in [1.165, 1.54) is 5.56 Å². The molecule has 21 heavy (non-hydrogen) atoms. The molecule has 0 atom stereocenters. The van der Waals surface area contributed by atoms with Gasteiger partial charge < -0.3 is 5.73 Å². The molecule has 0 aliphatic carbocycles. The summed E-state index contributed by atoms with van der Waals surface area (Å²) in [6.07, 6.45) is 0. The highest BCUT2D eigenvalue weighted by molar-refractivity contribution is 7.99. The molecule has 4 heteroatoms. The van der Waals surface area contributed by atoms with Crippen LogP contribution in [0.2, 0.25) is 5.02 Å². The molecule has 0 aromatic heterocycles. The Labute approximate surface area is 135 Å². The number of halogens is 1. The summed E-state index contributed by atoms with van der Waals surface area (Å²) in [6, 6.07) is 14.0. The molecule has 2 aromatic rings. The lowest BCUT2D eigenvalue weighted by molar-refractivity contribution is 0.590. The van der Waals surface area contributed by atoms with Crippen LogP contribution in [0, 0.1) is 5.41 Å². The van der Waals surface area contributed by atoms with E-state index in [1.807, 2.05) is 12.1 Å². The lowest BCUT2D eigenvalue weighted by atomic mass is 9.87. The average Bonchev–Trinajstić information content (AvgIpc) is 2.38. The van der Waals surface area contributed by atoms with Crippen LogP contribution < -0.4 is 5.73 Å². The first-order valence-corrected chi connectivity index (χ1v) is 7.90. The van der Waals surface area contributed by atoms with Gasteiger partial charge in [0, 0.05) is 15.4 Å². The first-order chi connectivity index (χ1) is 9.79. The fraction of sp³-hybridized carbons (Fsp3) is 0.235. The smallest absolute Gasteiger partial charge is 0.125 e. The Morgan fingerprint density at radius 1 is 1.10 bits per heavy atom. The van der Waals surface area contributed by atoms with E-state index < -0.39 is 0 Å². The quantitative estimate of drug-likeness (QED) is 0.613. The summed E-state index contributed by atoms with van der Waals surface area (Å²) in [5.41, 5.74) is 7.68. The molecule has 0 fully saturated rings. The minimum atomic E-state index is -0.00517. The summed E-state index contributed by atoms with van der Waals surface area (Å²) in [4.78, 5) is 2.01. The summed E-state index contributed by atoms with van der Waals surface area (Å²) in [5, 5.41) is 8.19. The van der Waals surface area contributed by atoms with Gasteiger partial charge in [0.05, 0.1) is 5.02 Å². The molecule has 0 unspecified atom stereocenters. The van der Waals surface area contributed by atoms with Gasteiger partial charge in [0.25, 0.3) is 0 Å². The maximum atomic E-state index is 7.68. The third-order valence-electron chi connectivity index (χ3n) is 3.19. The zero-order valence-electron chi connectivity index (χ0n) is 12.4. The normalized spacial score (nSPS) is 11.4. The summed E-state index contributed by atoms with van der Waals surface area (Å²) < 4.78 is 0. The van der Waals surface area contributed by atoms with Gasteiger partial charge in [-0.2, -0.15) is 0 Å². The number of nitrogens with two attached hydrogens (primary N) is 1. The third-order valence-corrected chi connectivity index (χ3v) is 4.58. The second kappa shape index (κ2) is 6.12. The van der Waals surface area contributed by atoms with Crippen molar-refractivity contribution in [1.29, 1.82) is 5.41 Å². The van der Waals surface area contributed by atoms with Gasteiger partial charge in [0.15, 0.2) is 0 Å². The average molecular weight is 319 g/mol. The van der Waals surface area contributed by atoms with Gasteiger partial charge >= 0.3 is 0 Å². The molecule has 0 heterocycles. The van der Waals surface area contributed by atoms with E-state index in [9.17, 15) is 0 Å². The van der Waals surface area contributed by atoms with Crippen molar-refractivity contribution in [3.05, 3.63) is 58.6 Å². The van der Waals surface area contributed by atoms with E-state index >= 15 is 0 Å². The highest BCUT2D eigenvalue weighted by Gasteiger charge is 2.14. The summed E-state index contributed by atoms with van der Waals surface area (Å²) in [6.45, 7) is 6.58. The number of amidine groups is 1. The van der Waals surface area contributed by atoms with Crippen LogP contribution in [0.4, 0.5) is 0 Å². The lowest BCUT2D eigenvalue weighted by Crippen LogP contribution is -2.13. The lowest BCUT2D eigenvalue weighted by Gasteiger charge is -2.19. The minimum absolute atomic E-state index is 0.00517. The fourth-order valence-corrected chi connectivity index (χ4v) is 3.33. The van der Waals surface area contributed by atoms with Gasteiger partial charge in [-0.15, -0.1) is 0 Å². The Bertz CT molecular complexity index is 657. The topological polar surface area (TPSA) is 49.9 Å². The molecule has 2 nitrogen and oxygen atoms in total. The molecular formula is C17H19ClN2S. The van der Waals surface area contributed by atoms with Crippen LogP contribution in [0.15, 0.2) is 52.3 Å². The summed E-state index contributed by atoms with van der Waals surface area (Å²) in [7, 11) is 0. The van der Waals surface area contributed by atoms with Crippen molar-refractivity contribution in [3.8, 4) is 0 Å². The van der Waals surface area contributed by atoms with Crippen molar-refractivity contribution in [3.63, 3.8) is 0 Å². The van der Waals surface area contributed by atoms with Gasteiger partial charge in [-0.1, -0.05) is 62.3 Å². The van der Waals surface area contributed by atoms with E-state index in [-0.39, 0.29) is 11.3 Å². The second-order valence-electron chi connectivity index (χ2n) is 5.90. The maximum absolute atomic E-state index is 7.68. The van der Waals surface area contributed by atoms with E-state index in [4.69, 9.17) is 22.7 Å². The van der Waals surface area contributed by atoms with E-state index in [2.05, 4.69) is 45.0 Å². The van der Waals surface area contributed by atoms with Crippen molar-refractivity contribution >= 4 is 29.2 Å². The Balaban J connectivity index is 2.31. The number of nitrogen functional groups attached to an aromatic ring is 1. The predicted molar refractivity (Wildman–Crippen MR) is 91.7 cm³/mol.